The van der Waals surface area contributed by atoms with Crippen molar-refractivity contribution in [3.63, 3.8) is 0 Å². The minimum absolute atomic E-state index is 0.0125. The summed E-state index contributed by atoms with van der Waals surface area (Å²) < 4.78 is 5.43. The van der Waals surface area contributed by atoms with Crippen molar-refractivity contribution in [2.45, 2.75) is 64.5 Å². The van der Waals surface area contributed by atoms with Crippen molar-refractivity contribution in [1.82, 2.24) is 10.6 Å². The van der Waals surface area contributed by atoms with E-state index < -0.39 is 0 Å². The van der Waals surface area contributed by atoms with Gasteiger partial charge in [-0.3, -0.25) is 0 Å². The van der Waals surface area contributed by atoms with E-state index in [0.717, 1.165) is 24.2 Å². The van der Waals surface area contributed by atoms with Crippen molar-refractivity contribution in [3.05, 3.63) is 29.8 Å². The molecule has 4 nitrogen and oxygen atoms in total. The van der Waals surface area contributed by atoms with Crippen LogP contribution in [0, 0.1) is 0 Å². The molecule has 0 heterocycles. The molecule has 2 N–H and O–H groups in total. The summed E-state index contributed by atoms with van der Waals surface area (Å²) >= 11 is 0. The van der Waals surface area contributed by atoms with E-state index in [-0.39, 0.29) is 12.1 Å². The van der Waals surface area contributed by atoms with E-state index in [1.165, 1.54) is 25.7 Å². The number of nitrogens with one attached hydrogen (secondary N) is 2. The molecule has 22 heavy (non-hydrogen) atoms. The summed E-state index contributed by atoms with van der Waals surface area (Å²) in [6, 6.07) is 8.15. The number of ether oxygens (including phenoxy) is 1. The number of hydrogen-bond donors (Lipinski definition) is 2. The monoisotopic (exact) mass is 304 g/mol. The second-order valence-electron chi connectivity index (χ2n) is 6.03. The highest BCUT2D eigenvalue weighted by Crippen LogP contribution is 2.19. The first-order valence-electron chi connectivity index (χ1n) is 8.49. The zero-order chi connectivity index (χ0) is 15.8. The molecule has 1 aromatic carbocycles. The van der Waals surface area contributed by atoms with Crippen LogP contribution in [0.5, 0.6) is 5.75 Å². The SMILES string of the molecule is CCOc1ccc(C(C)NC(=O)NC2CCCCCC2)cc1. The topological polar surface area (TPSA) is 50.4 Å². The van der Waals surface area contributed by atoms with E-state index in [4.69, 9.17) is 4.74 Å². The van der Waals surface area contributed by atoms with E-state index in [2.05, 4.69) is 10.6 Å². The van der Waals surface area contributed by atoms with E-state index >= 15 is 0 Å². The van der Waals surface area contributed by atoms with Crippen LogP contribution in [0.15, 0.2) is 24.3 Å². The first-order valence-corrected chi connectivity index (χ1v) is 8.49. The third-order valence-corrected chi connectivity index (χ3v) is 4.23. The Balaban J connectivity index is 1.82. The van der Waals surface area contributed by atoms with Crippen LogP contribution in [-0.4, -0.2) is 18.7 Å². The summed E-state index contributed by atoms with van der Waals surface area (Å²) in [5.74, 6) is 0.862. The maximum atomic E-state index is 12.1. The molecule has 1 saturated carbocycles. The third kappa shape index (κ3) is 5.24. The van der Waals surface area contributed by atoms with Crippen molar-refractivity contribution in [2.75, 3.05) is 6.61 Å². The second-order valence-corrected chi connectivity index (χ2v) is 6.03. The fraction of sp³-hybridized carbons (Fsp3) is 0.611. The molecule has 0 radical (unpaired) electrons. The molecule has 1 unspecified atom stereocenters. The average molecular weight is 304 g/mol. The molecular weight excluding hydrogens is 276 g/mol. The van der Waals surface area contributed by atoms with Gasteiger partial charge in [0.15, 0.2) is 0 Å². The fourth-order valence-corrected chi connectivity index (χ4v) is 2.95. The van der Waals surface area contributed by atoms with Crippen LogP contribution in [0.3, 0.4) is 0 Å². The Morgan fingerprint density at radius 3 is 2.41 bits per heavy atom. The Labute approximate surface area is 133 Å². The average Bonchev–Trinajstić information content (AvgIpc) is 2.77. The number of benzene rings is 1. The molecule has 0 bridgehead atoms. The first kappa shape index (κ1) is 16.7. The van der Waals surface area contributed by atoms with Crippen LogP contribution in [0.1, 0.15) is 64.0 Å². The number of carbonyl (C=O) groups excluding carboxylic acids is 1. The minimum atomic E-state index is -0.0618. The lowest BCUT2D eigenvalue weighted by Crippen LogP contribution is -2.42. The molecule has 1 aromatic rings. The van der Waals surface area contributed by atoms with Gasteiger partial charge in [0.2, 0.25) is 0 Å². The first-order chi connectivity index (χ1) is 10.7. The lowest BCUT2D eigenvalue weighted by Gasteiger charge is -2.20. The Morgan fingerprint density at radius 2 is 1.82 bits per heavy atom. The molecule has 1 aliphatic rings. The minimum Gasteiger partial charge on any atom is -0.494 e. The Hall–Kier alpha value is -1.71. The highest BCUT2D eigenvalue weighted by Gasteiger charge is 2.16. The number of amides is 2. The zero-order valence-electron chi connectivity index (χ0n) is 13.7. The van der Waals surface area contributed by atoms with Gasteiger partial charge < -0.3 is 15.4 Å². The smallest absolute Gasteiger partial charge is 0.315 e. The summed E-state index contributed by atoms with van der Waals surface area (Å²) in [6.07, 6.45) is 7.24. The van der Waals surface area contributed by atoms with Gasteiger partial charge >= 0.3 is 6.03 Å². The summed E-state index contributed by atoms with van der Waals surface area (Å²) in [4.78, 5) is 12.1. The van der Waals surface area contributed by atoms with Crippen LogP contribution in [-0.2, 0) is 0 Å². The second kappa shape index (κ2) is 8.66. The van der Waals surface area contributed by atoms with Gasteiger partial charge in [-0.1, -0.05) is 37.8 Å². The van der Waals surface area contributed by atoms with Crippen molar-refractivity contribution in [1.29, 1.82) is 0 Å². The quantitative estimate of drug-likeness (QED) is 0.802. The molecule has 0 aromatic heterocycles. The molecule has 1 fully saturated rings. The normalized spacial score (nSPS) is 17.4. The summed E-state index contributed by atoms with van der Waals surface area (Å²) in [5.41, 5.74) is 1.08. The number of urea groups is 1. The molecular formula is C18H28N2O2. The molecule has 1 atom stereocenters. The van der Waals surface area contributed by atoms with Gasteiger partial charge in [-0.15, -0.1) is 0 Å². The van der Waals surface area contributed by atoms with Crippen molar-refractivity contribution in [2.24, 2.45) is 0 Å². The zero-order valence-corrected chi connectivity index (χ0v) is 13.7. The van der Waals surface area contributed by atoms with Crippen molar-refractivity contribution in [3.8, 4) is 5.75 Å². The Bertz CT molecular complexity index is 451. The van der Waals surface area contributed by atoms with Crippen LogP contribution in [0.25, 0.3) is 0 Å². The van der Waals surface area contributed by atoms with Gasteiger partial charge in [-0.25, -0.2) is 4.79 Å². The third-order valence-electron chi connectivity index (χ3n) is 4.23. The molecule has 0 aliphatic heterocycles. The van der Waals surface area contributed by atoms with E-state index in [9.17, 15) is 4.79 Å². The van der Waals surface area contributed by atoms with Crippen LogP contribution >= 0.6 is 0 Å². The lowest BCUT2D eigenvalue weighted by molar-refractivity contribution is 0.232. The van der Waals surface area contributed by atoms with Crippen molar-refractivity contribution < 1.29 is 9.53 Å². The predicted molar refractivity (Wildman–Crippen MR) is 89.2 cm³/mol. The number of rotatable bonds is 5. The van der Waals surface area contributed by atoms with Gasteiger partial charge in [0, 0.05) is 6.04 Å². The standard InChI is InChI=1S/C18H28N2O2/c1-3-22-17-12-10-15(11-13-17)14(2)19-18(21)20-16-8-6-4-5-7-9-16/h10-14,16H,3-9H2,1-2H3,(H2,19,20,21). The molecule has 0 spiro atoms. The Morgan fingerprint density at radius 1 is 1.18 bits per heavy atom. The number of carbonyl (C=O) groups is 1. The lowest BCUT2D eigenvalue weighted by atomic mass is 10.1. The van der Waals surface area contributed by atoms with E-state index in [1.54, 1.807) is 0 Å². The molecule has 2 amide bonds. The largest absolute Gasteiger partial charge is 0.494 e. The highest BCUT2D eigenvalue weighted by molar-refractivity contribution is 5.74. The van der Waals surface area contributed by atoms with E-state index in [1.807, 2.05) is 38.1 Å². The molecule has 122 valence electrons. The fourth-order valence-electron chi connectivity index (χ4n) is 2.95. The molecule has 1 aliphatic carbocycles. The van der Waals surface area contributed by atoms with Crippen LogP contribution < -0.4 is 15.4 Å². The van der Waals surface area contributed by atoms with Crippen molar-refractivity contribution >= 4 is 6.03 Å². The summed E-state index contributed by atoms with van der Waals surface area (Å²) in [5, 5.41) is 6.14. The van der Waals surface area contributed by atoms with Gasteiger partial charge in [-0.2, -0.15) is 0 Å². The Kier molecular flexibility index (Phi) is 6.56. The molecule has 0 saturated heterocycles. The van der Waals surface area contributed by atoms with Gasteiger partial charge in [0.25, 0.3) is 0 Å². The maximum absolute atomic E-state index is 12.1. The van der Waals surface area contributed by atoms with E-state index in [0.29, 0.717) is 12.6 Å². The molecule has 2 rings (SSSR count). The highest BCUT2D eigenvalue weighted by atomic mass is 16.5. The van der Waals surface area contributed by atoms with Gasteiger partial charge in [-0.05, 0) is 44.4 Å². The van der Waals surface area contributed by atoms with Crippen LogP contribution in [0.2, 0.25) is 0 Å². The predicted octanol–water partition coefficient (Wildman–Crippen LogP) is 4.17. The summed E-state index contributed by atoms with van der Waals surface area (Å²) in [7, 11) is 0. The van der Waals surface area contributed by atoms with Gasteiger partial charge in [0.1, 0.15) is 5.75 Å². The molecule has 4 heteroatoms. The summed E-state index contributed by atoms with van der Waals surface area (Å²) in [6.45, 7) is 4.63. The van der Waals surface area contributed by atoms with Gasteiger partial charge in [0.05, 0.1) is 12.6 Å². The number of hydrogen-bond acceptors (Lipinski definition) is 2. The maximum Gasteiger partial charge on any atom is 0.315 e. The van der Waals surface area contributed by atoms with Crippen LogP contribution in [0.4, 0.5) is 4.79 Å².